The molecule has 8 heteroatoms. The highest BCUT2D eigenvalue weighted by atomic mass is 35.5. The predicted molar refractivity (Wildman–Crippen MR) is 113 cm³/mol. The first-order valence-electron chi connectivity index (χ1n) is 10.2. The van der Waals surface area contributed by atoms with E-state index in [0.29, 0.717) is 34.2 Å². The van der Waals surface area contributed by atoms with Gasteiger partial charge in [0.1, 0.15) is 11.6 Å². The van der Waals surface area contributed by atoms with Crippen molar-refractivity contribution in [1.29, 1.82) is 0 Å². The van der Waals surface area contributed by atoms with Crippen molar-refractivity contribution >= 4 is 17.4 Å². The summed E-state index contributed by atoms with van der Waals surface area (Å²) in [5.74, 6) is 1.78. The highest BCUT2D eigenvalue weighted by Gasteiger charge is 2.40. The van der Waals surface area contributed by atoms with E-state index in [9.17, 15) is 4.39 Å². The van der Waals surface area contributed by atoms with Crippen LogP contribution in [0.15, 0.2) is 48.9 Å². The molecule has 3 heterocycles. The lowest BCUT2D eigenvalue weighted by Gasteiger charge is -2.19. The van der Waals surface area contributed by atoms with Gasteiger partial charge in [-0.1, -0.05) is 11.6 Å². The van der Waals surface area contributed by atoms with Crippen LogP contribution in [0, 0.1) is 17.7 Å². The molecule has 1 saturated carbocycles. The number of anilines is 1. The van der Waals surface area contributed by atoms with Crippen molar-refractivity contribution < 1.29 is 4.39 Å². The van der Waals surface area contributed by atoms with Gasteiger partial charge in [-0.2, -0.15) is 0 Å². The predicted octanol–water partition coefficient (Wildman–Crippen LogP) is 4.05. The maximum atomic E-state index is 13.5. The van der Waals surface area contributed by atoms with Gasteiger partial charge in [0.05, 0.1) is 16.4 Å². The molecule has 0 bridgehead atoms. The van der Waals surface area contributed by atoms with Crippen LogP contribution in [0.3, 0.4) is 0 Å². The first-order valence-corrected chi connectivity index (χ1v) is 10.5. The minimum Gasteiger partial charge on any atom is -0.366 e. The second kappa shape index (κ2) is 8.24. The largest absolute Gasteiger partial charge is 0.366 e. The summed E-state index contributed by atoms with van der Waals surface area (Å²) in [5, 5.41) is 12.5. The second-order valence-corrected chi connectivity index (χ2v) is 8.56. The number of hydrogen-bond acceptors (Lipinski definition) is 6. The van der Waals surface area contributed by atoms with Gasteiger partial charge >= 0.3 is 0 Å². The molecule has 2 aromatic heterocycles. The van der Waals surface area contributed by atoms with Crippen molar-refractivity contribution in [1.82, 2.24) is 25.1 Å². The van der Waals surface area contributed by atoms with Crippen LogP contribution in [-0.2, 0) is 6.54 Å². The van der Waals surface area contributed by atoms with Gasteiger partial charge in [-0.05, 0) is 55.0 Å². The summed E-state index contributed by atoms with van der Waals surface area (Å²) >= 11 is 6.16. The minimum atomic E-state index is -0.343. The molecule has 154 valence electrons. The topological polar surface area (TPSA) is 66.8 Å². The number of aromatic nitrogens is 4. The summed E-state index contributed by atoms with van der Waals surface area (Å²) in [7, 11) is 0. The molecule has 1 aliphatic carbocycles. The van der Waals surface area contributed by atoms with Crippen LogP contribution in [0.5, 0.6) is 0 Å². The van der Waals surface area contributed by atoms with Crippen molar-refractivity contribution in [3.63, 3.8) is 0 Å². The van der Waals surface area contributed by atoms with E-state index in [-0.39, 0.29) is 5.82 Å². The second-order valence-electron chi connectivity index (χ2n) is 8.15. The van der Waals surface area contributed by atoms with Gasteiger partial charge in [0.25, 0.3) is 0 Å². The van der Waals surface area contributed by atoms with Crippen LogP contribution >= 0.6 is 11.6 Å². The number of halogens is 2. The van der Waals surface area contributed by atoms with E-state index in [1.165, 1.54) is 18.2 Å². The molecule has 2 fully saturated rings. The monoisotopic (exact) mass is 424 g/mol. The zero-order valence-electron chi connectivity index (χ0n) is 16.4. The Bertz CT molecular complexity index is 1000. The number of fused-ring (bicyclic) bond motifs is 1. The summed E-state index contributed by atoms with van der Waals surface area (Å²) in [6.07, 6.45) is 7.56. The molecule has 5 rings (SSSR count). The zero-order valence-corrected chi connectivity index (χ0v) is 17.1. The highest BCUT2D eigenvalue weighted by molar-refractivity contribution is 6.33. The van der Waals surface area contributed by atoms with Gasteiger partial charge in [0.15, 0.2) is 0 Å². The summed E-state index contributed by atoms with van der Waals surface area (Å²) in [4.78, 5) is 11.0. The Labute approximate surface area is 179 Å². The average Bonchev–Trinajstić information content (AvgIpc) is 3.29. The number of likely N-dealkylation sites (tertiary alicyclic amines) is 1. The number of rotatable bonds is 5. The molecule has 2 atom stereocenters. The van der Waals surface area contributed by atoms with Crippen molar-refractivity contribution in [2.75, 3.05) is 18.4 Å². The van der Waals surface area contributed by atoms with Gasteiger partial charge in [-0.3, -0.25) is 14.9 Å². The van der Waals surface area contributed by atoms with Gasteiger partial charge in [-0.15, -0.1) is 10.2 Å². The quantitative estimate of drug-likeness (QED) is 0.666. The zero-order chi connectivity index (χ0) is 20.5. The van der Waals surface area contributed by atoms with Crippen LogP contribution < -0.4 is 5.32 Å². The molecule has 1 saturated heterocycles. The van der Waals surface area contributed by atoms with Gasteiger partial charge in [0.2, 0.25) is 0 Å². The Balaban J connectivity index is 1.17. The molecule has 2 unspecified atom stereocenters. The van der Waals surface area contributed by atoms with E-state index < -0.39 is 0 Å². The maximum Gasteiger partial charge on any atom is 0.148 e. The lowest BCUT2D eigenvalue weighted by atomic mass is 10.0. The smallest absolute Gasteiger partial charge is 0.148 e. The van der Waals surface area contributed by atoms with E-state index >= 15 is 0 Å². The van der Waals surface area contributed by atoms with Crippen molar-refractivity contribution in [2.45, 2.75) is 25.4 Å². The molecule has 1 aliphatic heterocycles. The molecule has 0 spiro atoms. The molecular formula is C22H22ClFN6. The average molecular weight is 425 g/mol. The van der Waals surface area contributed by atoms with Crippen molar-refractivity contribution in [3.05, 3.63) is 65.5 Å². The molecule has 0 radical (unpaired) electrons. The first kappa shape index (κ1) is 19.3. The molecule has 6 nitrogen and oxygen atoms in total. The van der Waals surface area contributed by atoms with Gasteiger partial charge < -0.3 is 5.32 Å². The maximum absolute atomic E-state index is 13.5. The normalized spacial score (nSPS) is 23.5. The van der Waals surface area contributed by atoms with E-state index in [2.05, 4.69) is 30.4 Å². The molecule has 0 amide bonds. The lowest BCUT2D eigenvalue weighted by molar-refractivity contribution is 0.297. The molecule has 30 heavy (non-hydrogen) atoms. The fraction of sp³-hybridized carbons (Fsp3) is 0.364. The Hall–Kier alpha value is -2.64. The molecule has 3 aromatic rings. The summed E-state index contributed by atoms with van der Waals surface area (Å²) < 4.78 is 13.5. The van der Waals surface area contributed by atoms with E-state index in [1.54, 1.807) is 12.4 Å². The number of nitrogens with zero attached hydrogens (tertiary/aromatic N) is 5. The third kappa shape index (κ3) is 4.13. The third-order valence-corrected chi connectivity index (χ3v) is 6.38. The molecule has 1 aromatic carbocycles. The Morgan fingerprint density at radius 2 is 1.90 bits per heavy atom. The number of benzene rings is 1. The van der Waals surface area contributed by atoms with E-state index in [1.807, 2.05) is 18.3 Å². The van der Waals surface area contributed by atoms with Crippen molar-refractivity contribution in [2.24, 2.45) is 11.8 Å². The fourth-order valence-electron chi connectivity index (χ4n) is 4.74. The first-order chi connectivity index (χ1) is 14.6. The van der Waals surface area contributed by atoms with E-state index in [4.69, 9.17) is 11.6 Å². The summed E-state index contributed by atoms with van der Waals surface area (Å²) in [5.41, 5.74) is 2.14. The van der Waals surface area contributed by atoms with Crippen molar-refractivity contribution in [3.8, 4) is 11.3 Å². The third-order valence-electron chi connectivity index (χ3n) is 6.05. The Kier molecular flexibility index (Phi) is 5.31. The van der Waals surface area contributed by atoms with Crippen LogP contribution in [0.25, 0.3) is 11.3 Å². The molecular weight excluding hydrogens is 403 g/mol. The minimum absolute atomic E-state index is 0.343. The fourth-order valence-corrected chi connectivity index (χ4v) is 4.95. The number of nitrogens with one attached hydrogen (secondary N) is 1. The SMILES string of the molecule is Fc1ccc(Cl)c(-c2ccc(NC3CC4CN(Cc5cnccn5)CC4C3)nn2)c1. The van der Waals surface area contributed by atoms with Gasteiger partial charge in [-0.25, -0.2) is 4.39 Å². The van der Waals surface area contributed by atoms with E-state index in [0.717, 1.165) is 44.0 Å². The lowest BCUT2D eigenvalue weighted by Crippen LogP contribution is -2.25. The van der Waals surface area contributed by atoms with Crippen LogP contribution in [-0.4, -0.2) is 44.2 Å². The Morgan fingerprint density at radius 1 is 1.07 bits per heavy atom. The molecule has 2 aliphatic rings. The Morgan fingerprint density at radius 3 is 2.60 bits per heavy atom. The highest BCUT2D eigenvalue weighted by Crippen LogP contribution is 2.39. The van der Waals surface area contributed by atoms with Crippen LogP contribution in [0.4, 0.5) is 10.2 Å². The molecule has 1 N–H and O–H groups in total. The van der Waals surface area contributed by atoms with Crippen LogP contribution in [0.2, 0.25) is 5.02 Å². The van der Waals surface area contributed by atoms with Gasteiger partial charge in [0, 0.05) is 49.8 Å². The summed E-state index contributed by atoms with van der Waals surface area (Å²) in [6.45, 7) is 3.07. The number of hydrogen-bond donors (Lipinski definition) is 1. The standard InChI is InChI=1S/C22H22ClFN6/c23-20-2-1-16(24)9-19(20)21-3-4-22(29-28-21)27-17-7-14-11-30(12-15(14)8-17)13-18-10-25-5-6-26-18/h1-6,9-10,14-15,17H,7-8,11-13H2,(H,27,29). The van der Waals surface area contributed by atoms with Crippen LogP contribution in [0.1, 0.15) is 18.5 Å². The summed E-state index contributed by atoms with van der Waals surface area (Å²) in [6, 6.07) is 8.36.